The molecule has 3 rings (SSSR count). The number of amides is 1. The number of hydrogen-bond acceptors (Lipinski definition) is 2. The van der Waals surface area contributed by atoms with Gasteiger partial charge >= 0.3 is 0 Å². The van der Waals surface area contributed by atoms with Crippen LogP contribution in [0.2, 0.25) is 0 Å². The van der Waals surface area contributed by atoms with E-state index in [1.807, 2.05) is 29.2 Å². The van der Waals surface area contributed by atoms with Crippen LogP contribution in [0, 0.1) is 0 Å². The van der Waals surface area contributed by atoms with E-state index in [4.69, 9.17) is 0 Å². The van der Waals surface area contributed by atoms with Crippen LogP contribution in [0.4, 0.5) is 0 Å². The Balaban J connectivity index is 1.40. The van der Waals surface area contributed by atoms with Crippen molar-refractivity contribution in [2.75, 3.05) is 32.7 Å². The minimum absolute atomic E-state index is 0.256. The Kier molecular flexibility index (Phi) is 6.50. The zero-order valence-electron chi connectivity index (χ0n) is 14.3. The predicted octanol–water partition coefficient (Wildman–Crippen LogP) is 4.03. The van der Waals surface area contributed by atoms with Crippen molar-refractivity contribution in [3.05, 3.63) is 46.0 Å². The van der Waals surface area contributed by atoms with Gasteiger partial charge in [0.15, 0.2) is 0 Å². The second kappa shape index (κ2) is 8.82. The van der Waals surface area contributed by atoms with E-state index in [-0.39, 0.29) is 5.91 Å². The summed E-state index contributed by atoms with van der Waals surface area (Å²) in [5.41, 5.74) is 2.74. The molecule has 0 saturated carbocycles. The number of hydrogen-bond donors (Lipinski definition) is 0. The van der Waals surface area contributed by atoms with Gasteiger partial charge in [0.1, 0.15) is 0 Å². The highest BCUT2D eigenvalue weighted by molar-refractivity contribution is 9.10. The van der Waals surface area contributed by atoms with Crippen molar-refractivity contribution < 1.29 is 4.79 Å². The first kappa shape index (κ1) is 17.7. The van der Waals surface area contributed by atoms with Gasteiger partial charge in [0, 0.05) is 37.2 Å². The van der Waals surface area contributed by atoms with Gasteiger partial charge in [0.05, 0.1) is 6.42 Å². The first-order valence-electron chi connectivity index (χ1n) is 9.13. The van der Waals surface area contributed by atoms with Crippen molar-refractivity contribution in [2.45, 2.75) is 38.5 Å². The number of carbonyl (C=O) groups is 1. The predicted molar refractivity (Wildman–Crippen MR) is 102 cm³/mol. The third-order valence-electron chi connectivity index (χ3n) is 5.13. The Morgan fingerprint density at radius 3 is 2.46 bits per heavy atom. The summed E-state index contributed by atoms with van der Waals surface area (Å²) in [5.74, 6) is 0.256. The number of allylic oxidation sites excluding steroid dienone is 1. The van der Waals surface area contributed by atoms with Crippen molar-refractivity contribution in [1.29, 1.82) is 0 Å². The molecule has 0 spiro atoms. The normalized spacial score (nSPS) is 19.2. The van der Waals surface area contributed by atoms with Gasteiger partial charge in [-0.2, -0.15) is 0 Å². The molecule has 1 saturated heterocycles. The summed E-state index contributed by atoms with van der Waals surface area (Å²) in [6.45, 7) is 4.92. The molecular formula is C20H27BrN2O. The standard InChI is InChI=1S/C20H27BrN2O/c21-19-8-6-18(7-9-19)16-20(24)23-14-12-22(13-15-23)11-10-17-4-2-1-3-5-17/h4,6-9H,1-3,5,10-16H2. The van der Waals surface area contributed by atoms with E-state index in [0.29, 0.717) is 6.42 Å². The fourth-order valence-electron chi connectivity index (χ4n) is 3.54. The van der Waals surface area contributed by atoms with Gasteiger partial charge in [0.25, 0.3) is 0 Å². The summed E-state index contributed by atoms with van der Waals surface area (Å²) >= 11 is 3.43. The highest BCUT2D eigenvalue weighted by Crippen LogP contribution is 2.20. The molecule has 0 N–H and O–H groups in total. The summed E-state index contributed by atoms with van der Waals surface area (Å²) < 4.78 is 1.06. The van der Waals surface area contributed by atoms with Crippen LogP contribution in [0.1, 0.15) is 37.7 Å². The molecule has 0 atom stereocenters. The van der Waals surface area contributed by atoms with E-state index in [2.05, 4.69) is 26.9 Å². The largest absolute Gasteiger partial charge is 0.340 e. The molecule has 4 heteroatoms. The number of piperazine rings is 1. The van der Waals surface area contributed by atoms with Gasteiger partial charge in [-0.1, -0.05) is 39.7 Å². The molecule has 1 aromatic rings. The molecule has 3 nitrogen and oxygen atoms in total. The summed E-state index contributed by atoms with van der Waals surface area (Å²) in [4.78, 5) is 17.0. The molecular weight excluding hydrogens is 364 g/mol. The maximum atomic E-state index is 12.5. The van der Waals surface area contributed by atoms with Crippen molar-refractivity contribution in [3.8, 4) is 0 Å². The number of halogens is 1. The molecule has 1 aliphatic heterocycles. The molecule has 24 heavy (non-hydrogen) atoms. The Morgan fingerprint density at radius 1 is 1.04 bits per heavy atom. The molecule has 0 bridgehead atoms. The van der Waals surface area contributed by atoms with Crippen molar-refractivity contribution in [3.63, 3.8) is 0 Å². The van der Waals surface area contributed by atoms with E-state index in [1.54, 1.807) is 5.57 Å². The minimum Gasteiger partial charge on any atom is -0.340 e. The molecule has 0 unspecified atom stereocenters. The van der Waals surface area contributed by atoms with Crippen molar-refractivity contribution in [1.82, 2.24) is 9.80 Å². The fourth-order valence-corrected chi connectivity index (χ4v) is 3.81. The maximum absolute atomic E-state index is 12.5. The first-order chi connectivity index (χ1) is 11.7. The molecule has 2 aliphatic rings. The van der Waals surface area contributed by atoms with Crippen LogP contribution in [-0.2, 0) is 11.2 Å². The van der Waals surface area contributed by atoms with Gasteiger partial charge in [0.2, 0.25) is 5.91 Å². The smallest absolute Gasteiger partial charge is 0.227 e. The fraction of sp³-hybridized carbons (Fsp3) is 0.550. The van der Waals surface area contributed by atoms with Crippen LogP contribution in [0.15, 0.2) is 40.4 Å². The second-order valence-electron chi connectivity index (χ2n) is 6.88. The lowest BCUT2D eigenvalue weighted by Crippen LogP contribution is -2.49. The Hall–Kier alpha value is -1.13. The quantitative estimate of drug-likeness (QED) is 0.708. The highest BCUT2D eigenvalue weighted by atomic mass is 79.9. The summed E-state index contributed by atoms with van der Waals surface area (Å²) in [6, 6.07) is 8.05. The van der Waals surface area contributed by atoms with E-state index in [9.17, 15) is 4.79 Å². The van der Waals surface area contributed by atoms with Crippen LogP contribution in [0.5, 0.6) is 0 Å². The van der Waals surface area contributed by atoms with Crippen LogP contribution >= 0.6 is 15.9 Å². The van der Waals surface area contributed by atoms with Crippen molar-refractivity contribution in [2.24, 2.45) is 0 Å². The maximum Gasteiger partial charge on any atom is 0.227 e. The summed E-state index contributed by atoms with van der Waals surface area (Å²) in [5, 5.41) is 0. The van der Waals surface area contributed by atoms with Crippen LogP contribution < -0.4 is 0 Å². The van der Waals surface area contributed by atoms with Gasteiger partial charge in [-0.15, -0.1) is 0 Å². The topological polar surface area (TPSA) is 23.6 Å². The highest BCUT2D eigenvalue weighted by Gasteiger charge is 2.21. The van der Waals surface area contributed by atoms with E-state index >= 15 is 0 Å². The van der Waals surface area contributed by atoms with Gasteiger partial charge in [-0.25, -0.2) is 0 Å². The monoisotopic (exact) mass is 390 g/mol. The summed E-state index contributed by atoms with van der Waals surface area (Å²) in [6.07, 6.45) is 9.47. The molecule has 1 aliphatic carbocycles. The van der Waals surface area contributed by atoms with Crippen LogP contribution in [-0.4, -0.2) is 48.4 Å². The van der Waals surface area contributed by atoms with Gasteiger partial charge in [-0.05, 0) is 49.8 Å². The number of carbonyl (C=O) groups excluding carboxylic acids is 1. The number of benzene rings is 1. The average molecular weight is 391 g/mol. The van der Waals surface area contributed by atoms with Gasteiger partial charge < -0.3 is 4.90 Å². The zero-order chi connectivity index (χ0) is 16.8. The third kappa shape index (κ3) is 5.18. The van der Waals surface area contributed by atoms with Crippen molar-refractivity contribution >= 4 is 21.8 Å². The number of rotatable bonds is 5. The lowest BCUT2D eigenvalue weighted by atomic mass is 9.97. The summed E-state index contributed by atoms with van der Waals surface area (Å²) in [7, 11) is 0. The molecule has 1 fully saturated rings. The van der Waals surface area contributed by atoms with Gasteiger partial charge in [-0.3, -0.25) is 9.69 Å². The molecule has 130 valence electrons. The Bertz CT molecular complexity index is 574. The van der Waals surface area contributed by atoms with E-state index in [1.165, 1.54) is 32.1 Å². The third-order valence-corrected chi connectivity index (χ3v) is 5.66. The Morgan fingerprint density at radius 2 is 1.79 bits per heavy atom. The average Bonchev–Trinajstić information content (AvgIpc) is 2.63. The van der Waals surface area contributed by atoms with E-state index in [0.717, 1.165) is 42.8 Å². The SMILES string of the molecule is O=C(Cc1ccc(Br)cc1)N1CCN(CCC2=CCCCC2)CC1. The molecule has 0 radical (unpaired) electrons. The van der Waals surface area contributed by atoms with Crippen LogP contribution in [0.3, 0.4) is 0 Å². The molecule has 1 aromatic carbocycles. The minimum atomic E-state index is 0.256. The molecule has 0 aromatic heterocycles. The zero-order valence-corrected chi connectivity index (χ0v) is 15.9. The lowest BCUT2D eigenvalue weighted by molar-refractivity contribution is -0.132. The van der Waals surface area contributed by atoms with Crippen LogP contribution in [0.25, 0.3) is 0 Å². The Labute approximate surface area is 153 Å². The lowest BCUT2D eigenvalue weighted by Gasteiger charge is -2.35. The second-order valence-corrected chi connectivity index (χ2v) is 7.80. The van der Waals surface area contributed by atoms with E-state index < -0.39 is 0 Å². The molecule has 1 amide bonds. The molecule has 1 heterocycles. The number of nitrogens with zero attached hydrogens (tertiary/aromatic N) is 2. The first-order valence-corrected chi connectivity index (χ1v) is 9.92.